The number of carbonyl (C=O) groups is 1. The van der Waals surface area contributed by atoms with Gasteiger partial charge in [-0.15, -0.1) is 11.3 Å². The predicted molar refractivity (Wildman–Crippen MR) is 98.9 cm³/mol. The molecule has 2 aromatic rings. The van der Waals surface area contributed by atoms with Gasteiger partial charge in [0.15, 0.2) is 11.7 Å². The van der Waals surface area contributed by atoms with E-state index in [0.717, 1.165) is 17.6 Å². The molecule has 1 amide bonds. The first kappa shape index (κ1) is 21.2. The summed E-state index contributed by atoms with van der Waals surface area (Å²) in [7, 11) is 0. The Hall–Kier alpha value is -2.47. The average molecular weight is 431 g/mol. The molecule has 0 saturated carbocycles. The molecule has 0 spiro atoms. The molecule has 1 aliphatic rings. The van der Waals surface area contributed by atoms with Gasteiger partial charge in [0.1, 0.15) is 12.4 Å². The predicted octanol–water partition coefficient (Wildman–Crippen LogP) is 2.87. The van der Waals surface area contributed by atoms with Crippen LogP contribution in [0.1, 0.15) is 25.1 Å². The van der Waals surface area contributed by atoms with Gasteiger partial charge < -0.3 is 14.8 Å². The Morgan fingerprint density at radius 2 is 2.10 bits per heavy atom. The largest absolute Gasteiger partial charge is 0.473 e. The van der Waals surface area contributed by atoms with Crippen LogP contribution in [-0.4, -0.2) is 57.2 Å². The van der Waals surface area contributed by atoms with Crippen LogP contribution < -0.4 is 14.8 Å². The zero-order valence-electron chi connectivity index (χ0n) is 15.8. The number of ether oxygens (including phenoxy) is 2. The molecule has 2 aromatic heterocycles. The number of hydrogen-bond acceptors (Lipinski definition) is 8. The van der Waals surface area contributed by atoms with E-state index in [-0.39, 0.29) is 29.8 Å². The van der Waals surface area contributed by atoms with E-state index in [1.165, 1.54) is 24.3 Å². The quantitative estimate of drug-likeness (QED) is 0.721. The summed E-state index contributed by atoms with van der Waals surface area (Å²) in [5.74, 6) is -0.190. The summed E-state index contributed by atoms with van der Waals surface area (Å²) in [6, 6.07) is 1.48. The summed E-state index contributed by atoms with van der Waals surface area (Å²) >= 11 is 1.41. The Kier molecular flexibility index (Phi) is 6.52. The minimum absolute atomic E-state index is 0.168. The average Bonchev–Trinajstić information content (AvgIpc) is 3.19. The second-order valence-electron chi connectivity index (χ2n) is 6.67. The van der Waals surface area contributed by atoms with Gasteiger partial charge in [0.25, 0.3) is 0 Å². The van der Waals surface area contributed by atoms with Gasteiger partial charge in [-0.3, -0.25) is 9.69 Å². The van der Waals surface area contributed by atoms with Crippen molar-refractivity contribution in [2.24, 2.45) is 0 Å². The van der Waals surface area contributed by atoms with Gasteiger partial charge in [-0.2, -0.15) is 13.2 Å². The molecule has 3 rings (SSSR count). The zero-order chi connectivity index (χ0) is 21.0. The lowest BCUT2D eigenvalue weighted by molar-refractivity contribution is -0.154. The van der Waals surface area contributed by atoms with Crippen LogP contribution in [0, 0.1) is 0 Å². The summed E-state index contributed by atoms with van der Waals surface area (Å²) in [6.07, 6.45) is -1.04. The molecule has 0 aliphatic carbocycles. The lowest BCUT2D eigenvalue weighted by Gasteiger charge is -2.19. The van der Waals surface area contributed by atoms with E-state index < -0.39 is 12.8 Å². The van der Waals surface area contributed by atoms with E-state index in [4.69, 9.17) is 4.74 Å². The number of hydrogen-bond donors (Lipinski definition) is 1. The molecular formula is C17H20F3N5O3S. The van der Waals surface area contributed by atoms with Crippen molar-refractivity contribution in [3.63, 3.8) is 0 Å². The first-order valence-corrected chi connectivity index (χ1v) is 9.64. The number of nitrogens with one attached hydrogen (secondary N) is 1. The van der Waals surface area contributed by atoms with Gasteiger partial charge in [-0.05, 0) is 6.92 Å². The maximum absolute atomic E-state index is 12.3. The highest BCUT2D eigenvalue weighted by Crippen LogP contribution is 2.27. The first-order chi connectivity index (χ1) is 13.7. The van der Waals surface area contributed by atoms with Crippen LogP contribution >= 0.6 is 11.3 Å². The van der Waals surface area contributed by atoms with E-state index in [2.05, 4.69) is 36.8 Å². The standard InChI is InChI=1S/C17H20F3N5O3S/c1-10-3-12(6-25(10)7-13-5-21-16(29-13)24-11(2)26)28-15-4-14(22-9-23-15)27-8-17(18,19)20/h4-5,9-10,12H,3,6-8H2,1-2H3,(H,21,24,26)/t10-,12+/m0/s1. The third-order valence-corrected chi connectivity index (χ3v) is 5.05. The van der Waals surface area contributed by atoms with Crippen molar-refractivity contribution in [3.8, 4) is 11.8 Å². The van der Waals surface area contributed by atoms with E-state index in [1.807, 2.05) is 0 Å². The Labute approximate surface area is 169 Å². The number of rotatable bonds is 7. The van der Waals surface area contributed by atoms with E-state index in [0.29, 0.717) is 18.2 Å². The van der Waals surface area contributed by atoms with Gasteiger partial charge in [-0.1, -0.05) is 0 Å². The second kappa shape index (κ2) is 8.91. The second-order valence-corrected chi connectivity index (χ2v) is 7.78. The van der Waals surface area contributed by atoms with Gasteiger partial charge in [0.2, 0.25) is 17.7 Å². The molecule has 1 saturated heterocycles. The summed E-state index contributed by atoms with van der Waals surface area (Å²) in [5, 5.41) is 3.21. The molecule has 8 nitrogen and oxygen atoms in total. The molecule has 1 fully saturated rings. The highest BCUT2D eigenvalue weighted by molar-refractivity contribution is 7.15. The third-order valence-electron chi connectivity index (χ3n) is 4.15. The number of thiazole rings is 1. The Morgan fingerprint density at radius 1 is 1.34 bits per heavy atom. The molecule has 0 radical (unpaired) electrons. The van der Waals surface area contributed by atoms with E-state index >= 15 is 0 Å². The summed E-state index contributed by atoms with van der Waals surface area (Å²) < 4.78 is 47.3. The molecule has 0 bridgehead atoms. The van der Waals surface area contributed by atoms with Crippen molar-refractivity contribution >= 4 is 22.4 Å². The highest BCUT2D eigenvalue weighted by Gasteiger charge is 2.32. The van der Waals surface area contributed by atoms with Crippen LogP contribution in [0.25, 0.3) is 0 Å². The van der Waals surface area contributed by atoms with E-state index in [9.17, 15) is 18.0 Å². The van der Waals surface area contributed by atoms with Gasteiger partial charge in [-0.25, -0.2) is 15.0 Å². The number of amides is 1. The van der Waals surface area contributed by atoms with Crippen molar-refractivity contribution in [2.45, 2.75) is 45.1 Å². The summed E-state index contributed by atoms with van der Waals surface area (Å²) in [5.41, 5.74) is 0. The lowest BCUT2D eigenvalue weighted by atomic mass is 10.2. The van der Waals surface area contributed by atoms with E-state index in [1.54, 1.807) is 6.20 Å². The maximum atomic E-state index is 12.3. The maximum Gasteiger partial charge on any atom is 0.422 e. The van der Waals surface area contributed by atoms with Crippen LogP contribution in [0.15, 0.2) is 18.6 Å². The van der Waals surface area contributed by atoms with Crippen LogP contribution in [0.3, 0.4) is 0 Å². The smallest absolute Gasteiger partial charge is 0.422 e. The van der Waals surface area contributed by atoms with Crippen LogP contribution in [0.5, 0.6) is 11.8 Å². The van der Waals surface area contributed by atoms with Crippen LogP contribution in [0.2, 0.25) is 0 Å². The molecule has 0 unspecified atom stereocenters. The lowest BCUT2D eigenvalue weighted by Crippen LogP contribution is -2.27. The van der Waals surface area contributed by atoms with Crippen molar-refractivity contribution < 1.29 is 27.4 Å². The minimum Gasteiger partial charge on any atom is -0.473 e. The molecule has 12 heteroatoms. The molecular weight excluding hydrogens is 411 g/mol. The minimum atomic E-state index is -4.44. The molecule has 1 N–H and O–H groups in total. The Bertz CT molecular complexity index is 848. The molecule has 1 aliphatic heterocycles. The number of nitrogens with zero attached hydrogens (tertiary/aromatic N) is 4. The van der Waals surface area contributed by atoms with Crippen molar-refractivity contribution in [1.82, 2.24) is 19.9 Å². The summed E-state index contributed by atoms with van der Waals surface area (Å²) in [4.78, 5) is 26.1. The molecule has 158 valence electrons. The zero-order valence-corrected chi connectivity index (χ0v) is 16.6. The van der Waals surface area contributed by atoms with Crippen LogP contribution in [0.4, 0.5) is 18.3 Å². The number of halogens is 3. The molecule has 2 atom stereocenters. The number of likely N-dealkylation sites (tertiary alicyclic amines) is 1. The molecule has 0 aromatic carbocycles. The van der Waals surface area contributed by atoms with Crippen LogP contribution in [-0.2, 0) is 11.3 Å². The van der Waals surface area contributed by atoms with Gasteiger partial charge in [0, 0.05) is 43.5 Å². The summed E-state index contributed by atoms with van der Waals surface area (Å²) in [6.45, 7) is 3.35. The van der Waals surface area contributed by atoms with Gasteiger partial charge in [0.05, 0.1) is 6.07 Å². The number of aromatic nitrogens is 3. The number of anilines is 1. The molecule has 29 heavy (non-hydrogen) atoms. The fourth-order valence-corrected chi connectivity index (χ4v) is 3.82. The fourth-order valence-electron chi connectivity index (χ4n) is 2.93. The fraction of sp³-hybridized carbons (Fsp3) is 0.529. The SMILES string of the molecule is CC(=O)Nc1ncc(CN2C[C@H](Oc3cc(OCC(F)(F)F)ncn3)C[C@@H]2C)s1. The topological polar surface area (TPSA) is 89.5 Å². The third kappa shape index (κ3) is 6.53. The normalized spacial score (nSPS) is 19.9. The van der Waals surface area contributed by atoms with Crippen molar-refractivity contribution in [2.75, 3.05) is 18.5 Å². The van der Waals surface area contributed by atoms with Gasteiger partial charge >= 0.3 is 6.18 Å². The number of carbonyl (C=O) groups excluding carboxylic acids is 1. The highest BCUT2D eigenvalue weighted by atomic mass is 32.1. The Balaban J connectivity index is 1.54. The number of alkyl halides is 3. The monoisotopic (exact) mass is 431 g/mol. The Morgan fingerprint density at radius 3 is 2.83 bits per heavy atom. The first-order valence-electron chi connectivity index (χ1n) is 8.82. The van der Waals surface area contributed by atoms with Crippen molar-refractivity contribution in [1.29, 1.82) is 0 Å². The molecule has 3 heterocycles. The van der Waals surface area contributed by atoms with Crippen molar-refractivity contribution in [3.05, 3.63) is 23.5 Å².